The molecule has 0 saturated carbocycles. The van der Waals surface area contributed by atoms with Crippen LogP contribution in [0, 0.1) is 0 Å². The van der Waals surface area contributed by atoms with Crippen LogP contribution in [0.2, 0.25) is 0 Å². The third-order valence-corrected chi connectivity index (χ3v) is 7.59. The first-order chi connectivity index (χ1) is 17.5. The Morgan fingerprint density at radius 2 is 1.61 bits per heavy atom. The Morgan fingerprint density at radius 3 is 2.33 bits per heavy atom. The lowest BCUT2D eigenvalue weighted by Gasteiger charge is -2.26. The number of imide groups is 1. The number of carbonyl (C=O) groups excluding carboxylic acids is 2. The van der Waals surface area contributed by atoms with Crippen LogP contribution in [-0.4, -0.2) is 23.5 Å². The summed E-state index contributed by atoms with van der Waals surface area (Å²) in [5.41, 5.74) is 4.44. The van der Waals surface area contributed by atoms with Gasteiger partial charge in [0, 0.05) is 6.04 Å². The average molecular weight is 497 g/mol. The molecule has 5 rings (SSSR count). The highest BCUT2D eigenvalue weighted by Crippen LogP contribution is 2.30. The van der Waals surface area contributed by atoms with Gasteiger partial charge >= 0.3 is 0 Å². The largest absolute Gasteiger partial charge is 0.497 e. The van der Waals surface area contributed by atoms with E-state index in [9.17, 15) is 9.59 Å². The third-order valence-electron chi connectivity index (χ3n) is 6.61. The summed E-state index contributed by atoms with van der Waals surface area (Å²) in [6.07, 6.45) is 0.506. The summed E-state index contributed by atoms with van der Waals surface area (Å²) in [5, 5.41) is 7.98. The first kappa shape index (κ1) is 24.1. The Hall–Kier alpha value is -3.61. The molecule has 4 aromatic carbocycles. The first-order valence-corrected chi connectivity index (χ1v) is 12.9. The minimum absolute atomic E-state index is 0.0796. The number of thioether (sulfide) groups is 1. The molecule has 0 bridgehead atoms. The van der Waals surface area contributed by atoms with Gasteiger partial charge < -0.3 is 4.74 Å². The molecule has 1 saturated heterocycles. The lowest BCUT2D eigenvalue weighted by Crippen LogP contribution is -2.26. The van der Waals surface area contributed by atoms with Crippen molar-refractivity contribution in [2.24, 2.45) is 0 Å². The fourth-order valence-corrected chi connectivity index (χ4v) is 5.51. The molecule has 1 aliphatic rings. The van der Waals surface area contributed by atoms with Crippen LogP contribution in [-0.2, 0) is 11.2 Å². The number of nitrogens with one attached hydrogen (secondary N) is 2. The number of hydrogen-bond donors (Lipinski definition) is 2. The van der Waals surface area contributed by atoms with Crippen LogP contribution in [0.1, 0.15) is 41.3 Å². The predicted molar refractivity (Wildman–Crippen MR) is 145 cm³/mol. The molecule has 2 amide bonds. The molecule has 2 N–H and O–H groups in total. The highest BCUT2D eigenvalue weighted by molar-refractivity contribution is 8.15. The standard InChI is InChI=1S/C30H28N2O3S/c1-19(23-11-10-21-7-3-4-8-24(21)18-23)31-28(22-12-14-26(35-2)15-13-22)25-9-5-6-20(16-25)17-27-29(33)32-30(34)36-27/h3-16,18-19,27-28,31H,17H2,1-2H3,(H,32,33,34)/t19-,27?,28?/m1/s1. The smallest absolute Gasteiger partial charge is 0.286 e. The third kappa shape index (κ3) is 5.30. The van der Waals surface area contributed by atoms with E-state index in [1.54, 1.807) is 7.11 Å². The predicted octanol–water partition coefficient (Wildman–Crippen LogP) is 6.18. The fourth-order valence-electron chi connectivity index (χ4n) is 4.65. The molecule has 36 heavy (non-hydrogen) atoms. The maximum Gasteiger partial charge on any atom is 0.286 e. The van der Waals surface area contributed by atoms with Crippen molar-refractivity contribution < 1.29 is 14.3 Å². The molecular formula is C30H28N2O3S. The Balaban J connectivity index is 1.45. The summed E-state index contributed by atoms with van der Waals surface area (Å²) in [6, 6.07) is 31.3. The Bertz CT molecular complexity index is 1400. The lowest BCUT2D eigenvalue weighted by atomic mass is 9.94. The molecule has 0 radical (unpaired) electrons. The molecule has 6 heteroatoms. The van der Waals surface area contributed by atoms with Gasteiger partial charge in [0.1, 0.15) is 5.75 Å². The van der Waals surface area contributed by atoms with Crippen molar-refractivity contribution >= 4 is 33.7 Å². The van der Waals surface area contributed by atoms with Gasteiger partial charge in [0.15, 0.2) is 0 Å². The molecule has 0 aliphatic carbocycles. The maximum absolute atomic E-state index is 12.1. The molecular weight excluding hydrogens is 468 g/mol. The van der Waals surface area contributed by atoms with Crippen LogP contribution in [0.15, 0.2) is 91.0 Å². The van der Waals surface area contributed by atoms with Crippen molar-refractivity contribution in [2.75, 3.05) is 7.11 Å². The van der Waals surface area contributed by atoms with E-state index in [2.05, 4.69) is 84.3 Å². The number of benzene rings is 4. The molecule has 5 nitrogen and oxygen atoms in total. The zero-order valence-corrected chi connectivity index (χ0v) is 21.0. The van der Waals surface area contributed by atoms with Crippen molar-refractivity contribution in [1.29, 1.82) is 0 Å². The summed E-state index contributed by atoms with van der Waals surface area (Å²) in [5.74, 6) is 0.591. The second-order valence-electron chi connectivity index (χ2n) is 9.03. The molecule has 182 valence electrons. The van der Waals surface area contributed by atoms with Gasteiger partial charge in [0.05, 0.1) is 18.4 Å². The van der Waals surface area contributed by atoms with Crippen LogP contribution in [0.4, 0.5) is 4.79 Å². The molecule has 1 aliphatic heterocycles. The molecule has 0 aromatic heterocycles. The number of hydrogen-bond acceptors (Lipinski definition) is 5. The number of rotatable bonds is 8. The topological polar surface area (TPSA) is 67.4 Å². The van der Waals surface area contributed by atoms with E-state index < -0.39 is 5.25 Å². The summed E-state index contributed by atoms with van der Waals surface area (Å²) < 4.78 is 5.37. The van der Waals surface area contributed by atoms with Crippen LogP contribution in [0.3, 0.4) is 0 Å². The zero-order valence-electron chi connectivity index (χ0n) is 20.2. The number of carbonyl (C=O) groups is 2. The zero-order chi connectivity index (χ0) is 25.1. The van der Waals surface area contributed by atoms with Crippen molar-refractivity contribution in [3.8, 4) is 5.75 Å². The summed E-state index contributed by atoms with van der Waals surface area (Å²) >= 11 is 1.06. The van der Waals surface area contributed by atoms with Crippen LogP contribution in [0.5, 0.6) is 5.75 Å². The highest BCUT2D eigenvalue weighted by atomic mass is 32.2. The average Bonchev–Trinajstić information content (AvgIpc) is 3.23. The van der Waals surface area contributed by atoms with E-state index in [-0.39, 0.29) is 23.2 Å². The number of amides is 2. The Morgan fingerprint density at radius 1 is 0.861 bits per heavy atom. The van der Waals surface area contributed by atoms with Gasteiger partial charge in [0.2, 0.25) is 5.91 Å². The Labute approximate surface area is 215 Å². The van der Waals surface area contributed by atoms with Gasteiger partial charge in [-0.15, -0.1) is 0 Å². The summed E-state index contributed by atoms with van der Waals surface area (Å²) in [7, 11) is 1.66. The normalized spacial score (nSPS) is 17.1. The van der Waals surface area contributed by atoms with Crippen LogP contribution < -0.4 is 15.4 Å². The summed E-state index contributed by atoms with van der Waals surface area (Å²) in [6.45, 7) is 2.18. The maximum atomic E-state index is 12.1. The van der Waals surface area contributed by atoms with Crippen molar-refractivity contribution in [2.45, 2.75) is 30.7 Å². The van der Waals surface area contributed by atoms with E-state index in [4.69, 9.17) is 4.74 Å². The quantitative estimate of drug-likeness (QED) is 0.305. The van der Waals surface area contributed by atoms with E-state index in [0.717, 1.165) is 34.2 Å². The molecule has 2 unspecified atom stereocenters. The van der Waals surface area contributed by atoms with Gasteiger partial charge in [-0.25, -0.2) is 0 Å². The first-order valence-electron chi connectivity index (χ1n) is 12.0. The van der Waals surface area contributed by atoms with E-state index >= 15 is 0 Å². The minimum atomic E-state index is -0.392. The number of methoxy groups -OCH3 is 1. The van der Waals surface area contributed by atoms with Crippen LogP contribution >= 0.6 is 11.8 Å². The van der Waals surface area contributed by atoms with Gasteiger partial charge in [-0.2, -0.15) is 0 Å². The van der Waals surface area contributed by atoms with E-state index in [0.29, 0.717) is 6.42 Å². The van der Waals surface area contributed by atoms with Crippen molar-refractivity contribution in [3.05, 3.63) is 113 Å². The van der Waals surface area contributed by atoms with Crippen LogP contribution in [0.25, 0.3) is 10.8 Å². The summed E-state index contributed by atoms with van der Waals surface area (Å²) in [4.78, 5) is 23.7. The molecule has 3 atom stereocenters. The van der Waals surface area contributed by atoms with Crippen molar-refractivity contribution in [3.63, 3.8) is 0 Å². The van der Waals surface area contributed by atoms with E-state index in [1.165, 1.54) is 16.3 Å². The lowest BCUT2D eigenvalue weighted by molar-refractivity contribution is -0.118. The van der Waals surface area contributed by atoms with Gasteiger partial charge in [-0.05, 0) is 64.6 Å². The van der Waals surface area contributed by atoms with Gasteiger partial charge in [0.25, 0.3) is 5.24 Å². The minimum Gasteiger partial charge on any atom is -0.497 e. The Kier molecular flexibility index (Phi) is 7.07. The molecule has 4 aromatic rings. The van der Waals surface area contributed by atoms with E-state index in [1.807, 2.05) is 24.3 Å². The number of fused-ring (bicyclic) bond motifs is 1. The highest BCUT2D eigenvalue weighted by Gasteiger charge is 2.31. The fraction of sp³-hybridized carbons (Fsp3) is 0.200. The van der Waals surface area contributed by atoms with Gasteiger partial charge in [-0.1, -0.05) is 84.6 Å². The second kappa shape index (κ2) is 10.6. The molecule has 0 spiro atoms. The molecule has 1 heterocycles. The van der Waals surface area contributed by atoms with Gasteiger partial charge in [-0.3, -0.25) is 20.2 Å². The molecule has 1 fully saturated rings. The van der Waals surface area contributed by atoms with Crippen molar-refractivity contribution in [1.82, 2.24) is 10.6 Å². The second-order valence-corrected chi connectivity index (χ2v) is 10.2. The monoisotopic (exact) mass is 496 g/mol. The number of ether oxygens (including phenoxy) is 1. The SMILES string of the molecule is COc1ccc(C(N[C@H](C)c2ccc3ccccc3c2)c2cccc(CC3SC(=O)NC3=O)c2)cc1.